The zero-order valence-corrected chi connectivity index (χ0v) is 16.3. The molecule has 1 aliphatic heterocycles. The first-order valence-corrected chi connectivity index (χ1v) is 11.4. The maximum absolute atomic E-state index is 14.1. The lowest BCUT2D eigenvalue weighted by atomic mass is 10.1. The predicted molar refractivity (Wildman–Crippen MR) is 105 cm³/mol. The van der Waals surface area contributed by atoms with Crippen LogP contribution < -0.4 is 10.0 Å². The lowest BCUT2D eigenvalue weighted by Gasteiger charge is -2.12. The highest BCUT2D eigenvalue weighted by Gasteiger charge is 2.20. The van der Waals surface area contributed by atoms with E-state index < -0.39 is 21.7 Å². The summed E-state index contributed by atoms with van der Waals surface area (Å²) in [5.74, 6) is 0.698. The van der Waals surface area contributed by atoms with Crippen molar-refractivity contribution in [3.63, 3.8) is 0 Å². The van der Waals surface area contributed by atoms with Crippen LogP contribution in [0.2, 0.25) is 0 Å². The Morgan fingerprint density at radius 1 is 1.15 bits per heavy atom. The molecule has 1 heterocycles. The van der Waals surface area contributed by atoms with E-state index in [0.29, 0.717) is 10.3 Å². The Hall–Kier alpha value is -1.55. The first-order valence-electron chi connectivity index (χ1n) is 7.78. The predicted octanol–water partition coefficient (Wildman–Crippen LogP) is 3.46. The fraction of sp³-hybridized carbons (Fsp3) is 0.235. The molecule has 2 N–H and O–H groups in total. The number of carbonyl (C=O) groups excluding carboxylic acids is 1. The third-order valence-corrected chi connectivity index (χ3v) is 8.32. The first kappa shape index (κ1) is 19.2. The van der Waals surface area contributed by atoms with Crippen LogP contribution >= 0.6 is 23.5 Å². The summed E-state index contributed by atoms with van der Waals surface area (Å²) in [5.41, 5.74) is 1.31. The third kappa shape index (κ3) is 4.22. The standard InChI is InChI=1S/C17H17FN2O3S3/c1-19-26(22,23)13-5-6-15(18)14(10-13)16(21)20-12-4-2-3-11(9-12)17-24-7-8-25-17/h2-6,9-10,17,19H,7-8H2,1H3,(H,20,21). The first-order chi connectivity index (χ1) is 12.4. The third-order valence-electron chi connectivity index (χ3n) is 3.80. The highest BCUT2D eigenvalue weighted by atomic mass is 32.2. The molecule has 1 amide bonds. The molecule has 0 atom stereocenters. The molecule has 3 rings (SSSR count). The Morgan fingerprint density at radius 2 is 1.88 bits per heavy atom. The number of carbonyl (C=O) groups is 1. The molecular weight excluding hydrogens is 395 g/mol. The zero-order chi connectivity index (χ0) is 18.7. The van der Waals surface area contributed by atoms with Crippen molar-refractivity contribution >= 4 is 45.1 Å². The molecule has 5 nitrogen and oxygen atoms in total. The minimum atomic E-state index is -3.76. The van der Waals surface area contributed by atoms with Gasteiger partial charge in [0.25, 0.3) is 5.91 Å². The van der Waals surface area contributed by atoms with Gasteiger partial charge in [-0.15, -0.1) is 23.5 Å². The van der Waals surface area contributed by atoms with Crippen LogP contribution in [0.1, 0.15) is 20.5 Å². The van der Waals surface area contributed by atoms with Gasteiger partial charge in [-0.2, -0.15) is 0 Å². The molecule has 26 heavy (non-hydrogen) atoms. The lowest BCUT2D eigenvalue weighted by Crippen LogP contribution is -2.20. The van der Waals surface area contributed by atoms with E-state index in [1.165, 1.54) is 7.05 Å². The van der Waals surface area contributed by atoms with Gasteiger partial charge in [-0.25, -0.2) is 17.5 Å². The van der Waals surface area contributed by atoms with Crippen LogP contribution in [0.5, 0.6) is 0 Å². The van der Waals surface area contributed by atoms with Crippen molar-refractivity contribution in [1.29, 1.82) is 0 Å². The van der Waals surface area contributed by atoms with Gasteiger partial charge in [0, 0.05) is 17.2 Å². The van der Waals surface area contributed by atoms with Crippen molar-refractivity contribution in [3.05, 3.63) is 59.4 Å². The van der Waals surface area contributed by atoms with Gasteiger partial charge < -0.3 is 5.32 Å². The maximum atomic E-state index is 14.1. The summed E-state index contributed by atoms with van der Waals surface area (Å²) in [6.07, 6.45) is 0. The SMILES string of the molecule is CNS(=O)(=O)c1ccc(F)c(C(=O)Nc2cccc(C3SCCS3)c2)c1. The van der Waals surface area contributed by atoms with Crippen molar-refractivity contribution in [2.75, 3.05) is 23.9 Å². The van der Waals surface area contributed by atoms with Crippen LogP contribution in [0.25, 0.3) is 0 Å². The van der Waals surface area contributed by atoms with Crippen molar-refractivity contribution < 1.29 is 17.6 Å². The molecule has 0 unspecified atom stereocenters. The second kappa shape index (κ2) is 7.99. The lowest BCUT2D eigenvalue weighted by molar-refractivity contribution is 0.102. The van der Waals surface area contributed by atoms with E-state index in [1.807, 2.05) is 41.7 Å². The summed E-state index contributed by atoms with van der Waals surface area (Å²) in [5, 5.41) is 2.65. The fourth-order valence-electron chi connectivity index (χ4n) is 2.48. The average Bonchev–Trinajstić information content (AvgIpc) is 3.17. The Labute approximate surface area is 160 Å². The molecule has 9 heteroatoms. The number of anilines is 1. The average molecular weight is 413 g/mol. The van der Waals surface area contributed by atoms with E-state index in [1.54, 1.807) is 6.07 Å². The number of thioether (sulfide) groups is 2. The summed E-state index contributed by atoms with van der Waals surface area (Å²) < 4.78 is 40.3. The molecule has 138 valence electrons. The molecule has 1 saturated heterocycles. The van der Waals surface area contributed by atoms with Gasteiger partial charge in [0.05, 0.1) is 15.0 Å². The maximum Gasteiger partial charge on any atom is 0.258 e. The van der Waals surface area contributed by atoms with E-state index >= 15 is 0 Å². The Kier molecular flexibility index (Phi) is 5.91. The van der Waals surface area contributed by atoms with Crippen LogP contribution in [0, 0.1) is 5.82 Å². The number of sulfonamides is 1. The molecule has 1 aliphatic rings. The summed E-state index contributed by atoms with van der Waals surface area (Å²) in [7, 11) is -2.51. The zero-order valence-electron chi connectivity index (χ0n) is 13.9. The van der Waals surface area contributed by atoms with Gasteiger partial charge in [-0.3, -0.25) is 4.79 Å². The second-order valence-electron chi connectivity index (χ2n) is 5.50. The number of hydrogen-bond donors (Lipinski definition) is 2. The monoisotopic (exact) mass is 412 g/mol. The topological polar surface area (TPSA) is 75.3 Å². The quantitative estimate of drug-likeness (QED) is 0.787. The normalized spacial score (nSPS) is 15.2. The molecule has 2 aromatic rings. The molecule has 0 radical (unpaired) electrons. The van der Waals surface area contributed by atoms with Crippen molar-refractivity contribution in [3.8, 4) is 0 Å². The van der Waals surface area contributed by atoms with Crippen LogP contribution in [0.4, 0.5) is 10.1 Å². The second-order valence-corrected chi connectivity index (χ2v) is 10.1. The Bertz CT molecular complexity index is 929. The number of rotatable bonds is 5. The van der Waals surface area contributed by atoms with Gasteiger partial charge in [-0.1, -0.05) is 12.1 Å². The molecule has 0 aromatic heterocycles. The minimum absolute atomic E-state index is 0.168. The molecule has 2 aromatic carbocycles. The van der Waals surface area contributed by atoms with Gasteiger partial charge in [0.15, 0.2) is 0 Å². The van der Waals surface area contributed by atoms with Crippen LogP contribution in [-0.2, 0) is 10.0 Å². The van der Waals surface area contributed by atoms with E-state index in [2.05, 4.69) is 10.0 Å². The summed E-state index contributed by atoms with van der Waals surface area (Å²) >= 11 is 3.69. The molecule has 0 saturated carbocycles. The number of halogens is 1. The largest absolute Gasteiger partial charge is 0.322 e. The number of hydrogen-bond acceptors (Lipinski definition) is 5. The molecular formula is C17H17FN2O3S3. The van der Waals surface area contributed by atoms with Gasteiger partial charge >= 0.3 is 0 Å². The number of benzene rings is 2. The highest BCUT2D eigenvalue weighted by molar-refractivity contribution is 8.19. The van der Waals surface area contributed by atoms with Crippen LogP contribution in [0.15, 0.2) is 47.4 Å². The van der Waals surface area contributed by atoms with E-state index in [9.17, 15) is 17.6 Å². The Balaban J connectivity index is 1.84. The number of amides is 1. The van der Waals surface area contributed by atoms with Gasteiger partial charge in [0.1, 0.15) is 5.82 Å². The van der Waals surface area contributed by atoms with Crippen molar-refractivity contribution in [2.45, 2.75) is 9.48 Å². The van der Waals surface area contributed by atoms with Gasteiger partial charge in [-0.05, 0) is 42.9 Å². The molecule has 1 fully saturated rings. The molecule has 0 spiro atoms. The Morgan fingerprint density at radius 3 is 2.58 bits per heavy atom. The minimum Gasteiger partial charge on any atom is -0.322 e. The van der Waals surface area contributed by atoms with Crippen molar-refractivity contribution in [2.24, 2.45) is 0 Å². The molecule has 0 aliphatic carbocycles. The summed E-state index contributed by atoms with van der Waals surface area (Å²) in [6.45, 7) is 0. The van der Waals surface area contributed by atoms with E-state index in [4.69, 9.17) is 0 Å². The van der Waals surface area contributed by atoms with Crippen molar-refractivity contribution in [1.82, 2.24) is 4.72 Å². The smallest absolute Gasteiger partial charge is 0.258 e. The summed E-state index contributed by atoms with van der Waals surface area (Å²) in [4.78, 5) is 12.3. The van der Waals surface area contributed by atoms with E-state index in [0.717, 1.165) is 35.3 Å². The highest BCUT2D eigenvalue weighted by Crippen LogP contribution is 2.45. The van der Waals surface area contributed by atoms with Gasteiger partial charge in [0.2, 0.25) is 10.0 Å². The number of nitrogens with one attached hydrogen (secondary N) is 2. The fourth-order valence-corrected chi connectivity index (χ4v) is 6.07. The summed E-state index contributed by atoms with van der Waals surface area (Å²) in [6, 6.07) is 10.5. The van der Waals surface area contributed by atoms with Crippen LogP contribution in [0.3, 0.4) is 0 Å². The van der Waals surface area contributed by atoms with Crippen LogP contribution in [-0.4, -0.2) is 32.9 Å². The van der Waals surface area contributed by atoms with E-state index in [-0.39, 0.29) is 10.5 Å². The molecule has 0 bridgehead atoms.